The van der Waals surface area contributed by atoms with Gasteiger partial charge in [0.1, 0.15) is 0 Å². The van der Waals surface area contributed by atoms with Crippen molar-refractivity contribution in [1.82, 2.24) is 5.32 Å². The monoisotopic (exact) mass is 227 g/mol. The summed E-state index contributed by atoms with van der Waals surface area (Å²) in [7, 11) is 0. The van der Waals surface area contributed by atoms with Crippen LogP contribution >= 0.6 is 0 Å². The third-order valence-corrected chi connectivity index (χ3v) is 3.36. The molecule has 0 spiro atoms. The van der Waals surface area contributed by atoms with E-state index in [1.165, 1.54) is 0 Å². The SMILES string of the molecule is O=C(O)C1CC(NC(=O)C2CCCOC2)C1. The summed E-state index contributed by atoms with van der Waals surface area (Å²) in [6.45, 7) is 1.25. The molecule has 0 aromatic rings. The third kappa shape index (κ3) is 2.52. The van der Waals surface area contributed by atoms with E-state index < -0.39 is 5.97 Å². The molecule has 0 aromatic heterocycles. The summed E-state index contributed by atoms with van der Waals surface area (Å²) in [4.78, 5) is 22.3. The van der Waals surface area contributed by atoms with Crippen molar-refractivity contribution in [2.24, 2.45) is 11.8 Å². The van der Waals surface area contributed by atoms with Crippen molar-refractivity contribution < 1.29 is 19.4 Å². The van der Waals surface area contributed by atoms with Crippen molar-refractivity contribution in [3.05, 3.63) is 0 Å². The van der Waals surface area contributed by atoms with E-state index in [0.717, 1.165) is 19.4 Å². The second-order valence-corrected chi connectivity index (χ2v) is 4.63. The van der Waals surface area contributed by atoms with Crippen LogP contribution in [0.2, 0.25) is 0 Å². The summed E-state index contributed by atoms with van der Waals surface area (Å²) in [6.07, 6.45) is 2.94. The number of carboxylic acids is 1. The molecule has 1 unspecified atom stereocenters. The van der Waals surface area contributed by atoms with Crippen LogP contribution in [0.5, 0.6) is 0 Å². The van der Waals surface area contributed by atoms with E-state index in [-0.39, 0.29) is 23.8 Å². The van der Waals surface area contributed by atoms with Gasteiger partial charge in [-0.25, -0.2) is 0 Å². The molecular weight excluding hydrogens is 210 g/mol. The lowest BCUT2D eigenvalue weighted by molar-refractivity contribution is -0.146. The Bertz CT molecular complexity index is 280. The molecule has 1 saturated carbocycles. The van der Waals surface area contributed by atoms with E-state index in [4.69, 9.17) is 9.84 Å². The number of hydrogen-bond acceptors (Lipinski definition) is 3. The Balaban J connectivity index is 1.70. The van der Waals surface area contributed by atoms with Gasteiger partial charge in [0.05, 0.1) is 18.4 Å². The van der Waals surface area contributed by atoms with E-state index in [1.807, 2.05) is 0 Å². The van der Waals surface area contributed by atoms with Crippen LogP contribution in [0.25, 0.3) is 0 Å². The molecule has 0 aromatic carbocycles. The molecule has 2 aliphatic rings. The Hall–Kier alpha value is -1.10. The van der Waals surface area contributed by atoms with Crippen molar-refractivity contribution in [3.8, 4) is 0 Å². The van der Waals surface area contributed by atoms with Crippen LogP contribution in [-0.2, 0) is 14.3 Å². The number of ether oxygens (including phenoxy) is 1. The fraction of sp³-hybridized carbons (Fsp3) is 0.818. The molecule has 5 heteroatoms. The molecule has 16 heavy (non-hydrogen) atoms. The highest BCUT2D eigenvalue weighted by Gasteiger charge is 2.36. The smallest absolute Gasteiger partial charge is 0.306 e. The minimum absolute atomic E-state index is 0.0218. The summed E-state index contributed by atoms with van der Waals surface area (Å²) in [5, 5.41) is 11.6. The average Bonchev–Trinajstić information content (AvgIpc) is 2.23. The standard InChI is InChI=1S/C11H17NO4/c13-10(7-2-1-3-16-6-7)12-9-4-8(5-9)11(14)15/h7-9H,1-6H2,(H,12,13)(H,14,15). The number of amides is 1. The van der Waals surface area contributed by atoms with Crippen molar-refractivity contribution >= 4 is 11.9 Å². The zero-order valence-electron chi connectivity index (χ0n) is 9.15. The maximum Gasteiger partial charge on any atom is 0.306 e. The van der Waals surface area contributed by atoms with Crippen LogP contribution in [0.4, 0.5) is 0 Å². The van der Waals surface area contributed by atoms with Gasteiger partial charge in [-0.15, -0.1) is 0 Å². The highest BCUT2D eigenvalue weighted by molar-refractivity contribution is 5.80. The second kappa shape index (κ2) is 4.82. The molecule has 1 heterocycles. The Kier molecular flexibility index (Phi) is 3.43. The molecule has 2 rings (SSSR count). The first-order chi connectivity index (χ1) is 7.66. The van der Waals surface area contributed by atoms with Crippen molar-refractivity contribution in [3.63, 3.8) is 0 Å². The second-order valence-electron chi connectivity index (χ2n) is 4.63. The maximum absolute atomic E-state index is 11.7. The van der Waals surface area contributed by atoms with Crippen LogP contribution in [0.1, 0.15) is 25.7 Å². The maximum atomic E-state index is 11.7. The van der Waals surface area contributed by atoms with Crippen molar-refractivity contribution in [1.29, 1.82) is 0 Å². The largest absolute Gasteiger partial charge is 0.481 e. The first-order valence-electron chi connectivity index (χ1n) is 5.77. The van der Waals surface area contributed by atoms with Crippen LogP contribution in [0, 0.1) is 11.8 Å². The van der Waals surface area contributed by atoms with Crippen LogP contribution in [0.15, 0.2) is 0 Å². The van der Waals surface area contributed by atoms with Crippen molar-refractivity contribution in [2.45, 2.75) is 31.7 Å². The Morgan fingerprint density at radius 1 is 1.25 bits per heavy atom. The van der Waals surface area contributed by atoms with Crippen LogP contribution < -0.4 is 5.32 Å². The number of aliphatic carboxylic acids is 1. The predicted molar refractivity (Wildman–Crippen MR) is 55.8 cm³/mol. The number of nitrogens with one attached hydrogen (secondary N) is 1. The molecule has 1 aliphatic heterocycles. The van der Waals surface area contributed by atoms with E-state index in [1.54, 1.807) is 0 Å². The van der Waals surface area contributed by atoms with Crippen molar-refractivity contribution in [2.75, 3.05) is 13.2 Å². The first-order valence-corrected chi connectivity index (χ1v) is 5.77. The number of carboxylic acid groups (broad SMARTS) is 1. The molecule has 1 aliphatic carbocycles. The zero-order chi connectivity index (χ0) is 11.5. The van der Waals surface area contributed by atoms with Gasteiger partial charge in [-0.1, -0.05) is 0 Å². The third-order valence-electron chi connectivity index (χ3n) is 3.36. The molecule has 90 valence electrons. The van der Waals surface area contributed by atoms with Gasteiger partial charge in [-0.3, -0.25) is 9.59 Å². The quantitative estimate of drug-likeness (QED) is 0.731. The molecular formula is C11H17NO4. The summed E-state index contributed by atoms with van der Waals surface area (Å²) in [5.41, 5.74) is 0. The van der Waals surface area contributed by atoms with Gasteiger partial charge in [-0.2, -0.15) is 0 Å². The van der Waals surface area contributed by atoms with Gasteiger partial charge in [0.2, 0.25) is 5.91 Å². The lowest BCUT2D eigenvalue weighted by atomic mass is 9.80. The minimum atomic E-state index is -0.758. The minimum Gasteiger partial charge on any atom is -0.481 e. The van der Waals surface area contributed by atoms with Gasteiger partial charge >= 0.3 is 5.97 Å². The number of rotatable bonds is 3. The van der Waals surface area contributed by atoms with Gasteiger partial charge in [0.15, 0.2) is 0 Å². The normalized spacial score (nSPS) is 33.9. The Labute approximate surface area is 94.2 Å². The molecule has 1 saturated heterocycles. The lowest BCUT2D eigenvalue weighted by Crippen LogP contribution is -2.49. The van der Waals surface area contributed by atoms with E-state index in [2.05, 4.69) is 5.32 Å². The van der Waals surface area contributed by atoms with Gasteiger partial charge in [-0.05, 0) is 25.7 Å². The zero-order valence-corrected chi connectivity index (χ0v) is 9.15. The van der Waals surface area contributed by atoms with Crippen LogP contribution in [0.3, 0.4) is 0 Å². The molecule has 1 atom stereocenters. The summed E-state index contributed by atoms with van der Waals surface area (Å²) in [6, 6.07) is 0.0514. The summed E-state index contributed by atoms with van der Waals surface area (Å²) >= 11 is 0. The molecule has 2 N–H and O–H groups in total. The fourth-order valence-electron chi connectivity index (χ4n) is 2.20. The van der Waals surface area contributed by atoms with Gasteiger partial charge in [0.25, 0.3) is 0 Å². The van der Waals surface area contributed by atoms with Gasteiger partial charge in [0, 0.05) is 12.6 Å². The fourth-order valence-corrected chi connectivity index (χ4v) is 2.20. The number of carbonyl (C=O) groups is 2. The number of hydrogen-bond donors (Lipinski definition) is 2. The lowest BCUT2D eigenvalue weighted by Gasteiger charge is -2.34. The molecule has 2 fully saturated rings. The highest BCUT2D eigenvalue weighted by atomic mass is 16.5. The van der Waals surface area contributed by atoms with E-state index in [9.17, 15) is 9.59 Å². The first kappa shape index (κ1) is 11.4. The van der Waals surface area contributed by atoms with Crippen LogP contribution in [-0.4, -0.2) is 36.2 Å². The molecule has 1 amide bonds. The highest BCUT2D eigenvalue weighted by Crippen LogP contribution is 2.28. The summed E-state index contributed by atoms with van der Waals surface area (Å²) in [5.74, 6) is -1.05. The summed E-state index contributed by atoms with van der Waals surface area (Å²) < 4.78 is 5.24. The van der Waals surface area contributed by atoms with E-state index >= 15 is 0 Å². The Morgan fingerprint density at radius 2 is 2.00 bits per heavy atom. The van der Waals surface area contributed by atoms with Gasteiger partial charge < -0.3 is 15.2 Å². The molecule has 0 radical (unpaired) electrons. The molecule has 5 nitrogen and oxygen atoms in total. The number of carbonyl (C=O) groups excluding carboxylic acids is 1. The molecule has 0 bridgehead atoms. The average molecular weight is 227 g/mol. The topological polar surface area (TPSA) is 75.6 Å². The predicted octanol–water partition coefficient (Wildman–Crippen LogP) is 0.392. The van der Waals surface area contributed by atoms with E-state index in [0.29, 0.717) is 19.4 Å². The Morgan fingerprint density at radius 3 is 2.56 bits per heavy atom.